The molecule has 0 N–H and O–H groups in total. The Balaban J connectivity index is 1.53. The van der Waals surface area contributed by atoms with Gasteiger partial charge in [0.25, 0.3) is 0 Å². The number of aromatic nitrogens is 3. The van der Waals surface area contributed by atoms with Crippen molar-refractivity contribution in [3.63, 3.8) is 0 Å². The second kappa shape index (κ2) is 8.74. The molecule has 1 aliphatic carbocycles. The van der Waals surface area contributed by atoms with Gasteiger partial charge in [-0.1, -0.05) is 135 Å². The van der Waals surface area contributed by atoms with Crippen LogP contribution in [0.25, 0.3) is 61.4 Å². The molecule has 2 heterocycles. The quantitative estimate of drug-likeness (QED) is 0.229. The smallest absolute Gasteiger partial charge is 0.235 e. The fourth-order valence-electron chi connectivity index (χ4n) is 6.76. The predicted octanol–water partition coefficient (Wildman–Crippen LogP) is 9.52. The van der Waals surface area contributed by atoms with Crippen molar-refractivity contribution < 1.29 is 0 Å². The van der Waals surface area contributed by atoms with E-state index in [9.17, 15) is 0 Å². The maximum absolute atomic E-state index is 5.40. The average molecular weight is 528 g/mol. The first-order valence-electron chi connectivity index (χ1n) is 14.2. The average Bonchev–Trinajstić information content (AvgIpc) is 3.47. The lowest BCUT2D eigenvalue weighted by molar-refractivity contribution is 0.665. The summed E-state index contributed by atoms with van der Waals surface area (Å²) in [7, 11) is 0. The Morgan fingerprint density at radius 1 is 0.610 bits per heavy atom. The summed E-state index contributed by atoms with van der Waals surface area (Å²) in [5, 5.41) is 2.30. The molecular formula is C38H29N3. The van der Waals surface area contributed by atoms with Gasteiger partial charge < -0.3 is 0 Å². The van der Waals surface area contributed by atoms with Crippen molar-refractivity contribution in [3.05, 3.63) is 138 Å². The molecule has 1 aliphatic rings. The Labute approximate surface area is 239 Å². The lowest BCUT2D eigenvalue weighted by Gasteiger charge is -2.21. The molecule has 0 saturated carbocycles. The van der Waals surface area contributed by atoms with Crippen molar-refractivity contribution in [3.8, 4) is 39.6 Å². The van der Waals surface area contributed by atoms with E-state index in [1.54, 1.807) is 0 Å². The second-order valence-corrected chi connectivity index (χ2v) is 11.6. The van der Waals surface area contributed by atoms with Gasteiger partial charge in [-0.3, -0.25) is 4.57 Å². The third-order valence-corrected chi connectivity index (χ3v) is 8.65. The van der Waals surface area contributed by atoms with Crippen molar-refractivity contribution >= 4 is 21.8 Å². The molecule has 0 bridgehead atoms. The Bertz CT molecular complexity index is 2120. The first kappa shape index (κ1) is 23.8. The first-order valence-corrected chi connectivity index (χ1v) is 14.2. The zero-order valence-electron chi connectivity index (χ0n) is 23.4. The SMILES string of the molecule is Cc1ccc2c(c1)C(C)(C)c1c-2n(-c2nc(-c3ccccc3)c3cccc(-c4ccccc4)c3n2)c2ccccc12. The van der Waals surface area contributed by atoms with E-state index >= 15 is 0 Å². The Morgan fingerprint density at radius 2 is 1.29 bits per heavy atom. The normalized spacial score (nSPS) is 13.4. The van der Waals surface area contributed by atoms with Gasteiger partial charge in [0, 0.05) is 32.9 Å². The molecule has 8 rings (SSSR count). The van der Waals surface area contributed by atoms with Gasteiger partial charge >= 0.3 is 0 Å². The van der Waals surface area contributed by atoms with Gasteiger partial charge in [0.2, 0.25) is 5.95 Å². The third-order valence-electron chi connectivity index (χ3n) is 8.65. The van der Waals surface area contributed by atoms with Crippen LogP contribution in [0.4, 0.5) is 0 Å². The lowest BCUT2D eigenvalue weighted by atomic mass is 9.81. The van der Waals surface area contributed by atoms with E-state index in [0.29, 0.717) is 5.95 Å². The molecule has 0 saturated heterocycles. The molecule has 0 aliphatic heterocycles. The molecule has 3 heteroatoms. The summed E-state index contributed by atoms with van der Waals surface area (Å²) in [5.74, 6) is 0.696. The highest BCUT2D eigenvalue weighted by molar-refractivity contribution is 6.02. The number of hydrogen-bond donors (Lipinski definition) is 0. The molecule has 5 aromatic carbocycles. The van der Waals surface area contributed by atoms with Crippen LogP contribution < -0.4 is 0 Å². The lowest BCUT2D eigenvalue weighted by Crippen LogP contribution is -2.15. The molecule has 0 radical (unpaired) electrons. The van der Waals surface area contributed by atoms with Crippen LogP contribution in [0.5, 0.6) is 0 Å². The van der Waals surface area contributed by atoms with Crippen LogP contribution >= 0.6 is 0 Å². The molecule has 0 spiro atoms. The van der Waals surface area contributed by atoms with E-state index in [1.165, 1.54) is 33.3 Å². The van der Waals surface area contributed by atoms with Gasteiger partial charge in [-0.05, 0) is 29.7 Å². The molecule has 7 aromatic rings. The summed E-state index contributed by atoms with van der Waals surface area (Å²) in [6.07, 6.45) is 0. The zero-order chi connectivity index (χ0) is 27.7. The predicted molar refractivity (Wildman–Crippen MR) is 170 cm³/mol. The molecule has 0 atom stereocenters. The van der Waals surface area contributed by atoms with Gasteiger partial charge in [0.15, 0.2) is 0 Å². The third kappa shape index (κ3) is 3.45. The van der Waals surface area contributed by atoms with Gasteiger partial charge in [0.1, 0.15) is 0 Å². The standard InChI is InChI=1S/C38H29N3/c1-24-21-22-28-31(23-24)38(2,3)33-29-17-10-11-20-32(29)41(36(28)33)37-39-34(26-15-8-5-9-16-26)30-19-12-18-27(35(30)40-37)25-13-6-4-7-14-25/h4-23H,1-3H3. The van der Waals surface area contributed by atoms with Crippen molar-refractivity contribution in [2.75, 3.05) is 0 Å². The van der Waals surface area contributed by atoms with Crippen molar-refractivity contribution in [1.29, 1.82) is 0 Å². The minimum absolute atomic E-state index is 0.143. The monoisotopic (exact) mass is 527 g/mol. The summed E-state index contributed by atoms with van der Waals surface area (Å²) >= 11 is 0. The topological polar surface area (TPSA) is 30.7 Å². The fraction of sp³-hybridized carbons (Fsp3) is 0.105. The summed E-state index contributed by atoms with van der Waals surface area (Å²) in [6, 6.07) is 43.0. The van der Waals surface area contributed by atoms with Crippen LogP contribution in [0.2, 0.25) is 0 Å². The highest BCUT2D eigenvalue weighted by Gasteiger charge is 2.41. The molecule has 0 unspecified atom stereocenters. The van der Waals surface area contributed by atoms with Gasteiger partial charge in [-0.25, -0.2) is 9.97 Å². The molecule has 41 heavy (non-hydrogen) atoms. The van der Waals surface area contributed by atoms with Crippen LogP contribution in [0.1, 0.15) is 30.5 Å². The first-order chi connectivity index (χ1) is 20.0. The largest absolute Gasteiger partial charge is 0.278 e. The fourth-order valence-corrected chi connectivity index (χ4v) is 6.76. The summed E-state index contributed by atoms with van der Waals surface area (Å²) in [4.78, 5) is 10.8. The number of aryl methyl sites for hydroxylation is 1. The summed E-state index contributed by atoms with van der Waals surface area (Å²) in [5.41, 5.74) is 12.6. The number of benzene rings is 5. The summed E-state index contributed by atoms with van der Waals surface area (Å²) in [6.45, 7) is 6.87. The van der Waals surface area contributed by atoms with E-state index in [1.807, 2.05) is 0 Å². The zero-order valence-corrected chi connectivity index (χ0v) is 23.4. The van der Waals surface area contributed by atoms with E-state index in [4.69, 9.17) is 9.97 Å². The van der Waals surface area contributed by atoms with Crippen LogP contribution in [-0.2, 0) is 5.41 Å². The maximum atomic E-state index is 5.40. The minimum Gasteiger partial charge on any atom is -0.278 e. The Hall–Kier alpha value is -5.02. The van der Waals surface area contributed by atoms with E-state index < -0.39 is 0 Å². The van der Waals surface area contributed by atoms with Gasteiger partial charge in [-0.2, -0.15) is 0 Å². The molecule has 196 valence electrons. The molecule has 0 fully saturated rings. The number of rotatable bonds is 3. The maximum Gasteiger partial charge on any atom is 0.235 e. The number of hydrogen-bond acceptors (Lipinski definition) is 2. The molecule has 0 amide bonds. The highest BCUT2D eigenvalue weighted by Crippen LogP contribution is 2.53. The van der Waals surface area contributed by atoms with E-state index in [0.717, 1.165) is 38.8 Å². The Kier molecular flexibility index (Phi) is 5.08. The van der Waals surface area contributed by atoms with Gasteiger partial charge in [0.05, 0.1) is 22.4 Å². The van der Waals surface area contributed by atoms with E-state index in [2.05, 4.69) is 147 Å². The van der Waals surface area contributed by atoms with Crippen LogP contribution in [0.3, 0.4) is 0 Å². The van der Waals surface area contributed by atoms with Crippen LogP contribution in [0, 0.1) is 6.92 Å². The minimum atomic E-state index is -0.143. The van der Waals surface area contributed by atoms with Crippen molar-refractivity contribution in [1.82, 2.24) is 14.5 Å². The van der Waals surface area contributed by atoms with E-state index in [-0.39, 0.29) is 5.41 Å². The summed E-state index contributed by atoms with van der Waals surface area (Å²) < 4.78 is 2.31. The van der Waals surface area contributed by atoms with Crippen molar-refractivity contribution in [2.24, 2.45) is 0 Å². The number of nitrogens with zero attached hydrogens (tertiary/aromatic N) is 3. The van der Waals surface area contributed by atoms with Crippen LogP contribution in [0.15, 0.2) is 121 Å². The second-order valence-electron chi connectivity index (χ2n) is 11.6. The van der Waals surface area contributed by atoms with Gasteiger partial charge in [-0.15, -0.1) is 0 Å². The molecule has 3 nitrogen and oxygen atoms in total. The van der Waals surface area contributed by atoms with Crippen LogP contribution in [-0.4, -0.2) is 14.5 Å². The molecule has 2 aromatic heterocycles. The Morgan fingerprint density at radius 3 is 2.07 bits per heavy atom. The molecular weight excluding hydrogens is 498 g/mol. The number of fused-ring (bicyclic) bond motifs is 6. The highest BCUT2D eigenvalue weighted by atomic mass is 15.2. The number of para-hydroxylation sites is 2. The van der Waals surface area contributed by atoms with Crippen molar-refractivity contribution in [2.45, 2.75) is 26.2 Å².